The fourth-order valence-corrected chi connectivity index (χ4v) is 2.95. The van der Waals surface area contributed by atoms with E-state index in [1.165, 1.54) is 27.7 Å². The van der Waals surface area contributed by atoms with Crippen LogP contribution in [0, 0.1) is 0 Å². The lowest BCUT2D eigenvalue weighted by atomic mass is 9.96. The van der Waals surface area contributed by atoms with E-state index in [1.807, 2.05) is 18.2 Å². The van der Waals surface area contributed by atoms with Crippen molar-refractivity contribution in [2.24, 2.45) is 0 Å². The Morgan fingerprint density at radius 3 is 1.75 bits per heavy atom. The van der Waals surface area contributed by atoms with Crippen molar-refractivity contribution in [2.75, 3.05) is 0 Å². The van der Waals surface area contributed by atoms with Crippen molar-refractivity contribution >= 4 is 11.6 Å². The van der Waals surface area contributed by atoms with E-state index in [0.717, 1.165) is 0 Å². The van der Waals surface area contributed by atoms with E-state index >= 15 is 0 Å². The van der Waals surface area contributed by atoms with Crippen molar-refractivity contribution in [1.29, 1.82) is 0 Å². The van der Waals surface area contributed by atoms with Gasteiger partial charge in [-0.2, -0.15) is 0 Å². The summed E-state index contributed by atoms with van der Waals surface area (Å²) < 4.78 is 11.8. The number of aliphatic hydroxyl groups is 2. The third kappa shape index (κ3) is 5.60. The molecule has 0 aromatic heterocycles. The van der Waals surface area contributed by atoms with E-state index in [2.05, 4.69) is 0 Å². The van der Waals surface area contributed by atoms with Crippen LogP contribution in [0.1, 0.15) is 48.4 Å². The summed E-state index contributed by atoms with van der Waals surface area (Å²) in [7, 11) is 0. The Morgan fingerprint density at radius 2 is 1.19 bits per heavy atom. The van der Waals surface area contributed by atoms with Gasteiger partial charge >= 0.3 is 0 Å². The summed E-state index contributed by atoms with van der Waals surface area (Å²) in [5, 5.41) is 20.1. The number of ketones is 2. The van der Waals surface area contributed by atoms with Crippen LogP contribution in [-0.4, -0.2) is 33.0 Å². The maximum Gasteiger partial charge on any atom is 0.197 e. The van der Waals surface area contributed by atoms with E-state index in [9.17, 15) is 19.8 Å². The zero-order valence-corrected chi connectivity index (χ0v) is 18.5. The number of carbonyl (C=O) groups is 2. The first-order chi connectivity index (χ1) is 14.9. The third-order valence-electron chi connectivity index (χ3n) is 4.63. The zero-order chi connectivity index (χ0) is 23.5. The van der Waals surface area contributed by atoms with Crippen LogP contribution in [0.3, 0.4) is 0 Å². The summed E-state index contributed by atoms with van der Waals surface area (Å²) in [5.41, 5.74) is -2.45. The SMILES string of the molecule is CC(C)(O)C(=O)c1ccc(Oc2ccc(C(=O)C(C)(C)O)c(Oc3ccccc3)c2)cc1. The summed E-state index contributed by atoms with van der Waals surface area (Å²) in [4.78, 5) is 24.9. The predicted molar refractivity (Wildman–Crippen MR) is 121 cm³/mol. The maximum atomic E-state index is 12.7. The molecule has 0 atom stereocenters. The summed E-state index contributed by atoms with van der Waals surface area (Å²) >= 11 is 0. The van der Waals surface area contributed by atoms with Gasteiger partial charge in [0, 0.05) is 11.6 Å². The molecule has 166 valence electrons. The standard InChI is InChI=1S/C26H26O6/c1-25(2,29)23(27)17-10-12-19(13-11-17)31-20-14-15-21(24(28)26(3,4)30)22(16-20)32-18-8-6-5-7-9-18/h5-16,29-30H,1-4H3. The second kappa shape index (κ2) is 8.94. The Kier molecular flexibility index (Phi) is 6.48. The van der Waals surface area contributed by atoms with E-state index in [1.54, 1.807) is 54.6 Å². The van der Waals surface area contributed by atoms with Crippen molar-refractivity contribution < 1.29 is 29.3 Å². The number of para-hydroxylation sites is 1. The number of ether oxygens (including phenoxy) is 2. The molecule has 0 spiro atoms. The average molecular weight is 434 g/mol. The fourth-order valence-electron chi connectivity index (χ4n) is 2.95. The number of rotatable bonds is 8. The minimum Gasteiger partial charge on any atom is -0.457 e. The van der Waals surface area contributed by atoms with Crippen LogP contribution in [0.5, 0.6) is 23.0 Å². The van der Waals surface area contributed by atoms with Crippen molar-refractivity contribution in [2.45, 2.75) is 38.9 Å². The van der Waals surface area contributed by atoms with Crippen LogP contribution in [0.4, 0.5) is 0 Å². The largest absolute Gasteiger partial charge is 0.457 e. The van der Waals surface area contributed by atoms with Crippen LogP contribution in [0.2, 0.25) is 0 Å². The normalized spacial score (nSPS) is 11.7. The molecule has 3 rings (SSSR count). The van der Waals surface area contributed by atoms with Gasteiger partial charge in [0.15, 0.2) is 11.6 Å². The molecule has 0 bridgehead atoms. The Balaban J connectivity index is 1.90. The van der Waals surface area contributed by atoms with Gasteiger partial charge in [0.05, 0.1) is 5.56 Å². The molecule has 0 aliphatic rings. The average Bonchev–Trinajstić information content (AvgIpc) is 2.73. The number of Topliss-reactive ketones (excluding diaryl/α,β-unsaturated/α-hetero) is 2. The number of benzene rings is 3. The summed E-state index contributed by atoms with van der Waals surface area (Å²) in [6.45, 7) is 5.71. The Labute approximate surface area is 187 Å². The van der Waals surface area contributed by atoms with Crippen molar-refractivity contribution in [1.82, 2.24) is 0 Å². The zero-order valence-electron chi connectivity index (χ0n) is 18.5. The third-order valence-corrected chi connectivity index (χ3v) is 4.63. The van der Waals surface area contributed by atoms with Crippen LogP contribution < -0.4 is 9.47 Å². The molecule has 0 radical (unpaired) electrons. The fraction of sp³-hybridized carbons (Fsp3) is 0.231. The van der Waals surface area contributed by atoms with Gasteiger partial charge in [-0.1, -0.05) is 18.2 Å². The van der Waals surface area contributed by atoms with Gasteiger partial charge in [0.2, 0.25) is 0 Å². The smallest absolute Gasteiger partial charge is 0.197 e. The van der Waals surface area contributed by atoms with Gasteiger partial charge in [0.25, 0.3) is 0 Å². The van der Waals surface area contributed by atoms with Gasteiger partial charge in [-0.3, -0.25) is 9.59 Å². The number of hydrogen-bond acceptors (Lipinski definition) is 6. The summed E-state index contributed by atoms with van der Waals surface area (Å²) in [5.74, 6) is 0.773. The van der Waals surface area contributed by atoms with Gasteiger partial charge in [0.1, 0.15) is 34.2 Å². The highest BCUT2D eigenvalue weighted by atomic mass is 16.5. The molecule has 32 heavy (non-hydrogen) atoms. The van der Waals surface area contributed by atoms with Gasteiger partial charge < -0.3 is 19.7 Å². The number of carbonyl (C=O) groups excluding carboxylic acids is 2. The first-order valence-electron chi connectivity index (χ1n) is 10.1. The highest BCUT2D eigenvalue weighted by Crippen LogP contribution is 2.34. The summed E-state index contributed by atoms with van der Waals surface area (Å²) in [6.07, 6.45) is 0. The predicted octanol–water partition coefficient (Wildman–Crippen LogP) is 5.18. The van der Waals surface area contributed by atoms with Crippen molar-refractivity contribution in [3.05, 3.63) is 83.9 Å². The first kappa shape index (κ1) is 23.2. The molecular formula is C26H26O6. The molecule has 6 nitrogen and oxygen atoms in total. The molecule has 0 aliphatic heterocycles. The molecule has 3 aromatic carbocycles. The lowest BCUT2D eigenvalue weighted by Gasteiger charge is -2.19. The molecule has 0 fully saturated rings. The molecule has 0 heterocycles. The molecule has 0 saturated carbocycles. The Bertz CT molecular complexity index is 1100. The topological polar surface area (TPSA) is 93.1 Å². The highest BCUT2D eigenvalue weighted by molar-refractivity contribution is 6.04. The second-order valence-corrected chi connectivity index (χ2v) is 8.48. The first-order valence-corrected chi connectivity index (χ1v) is 10.1. The molecule has 6 heteroatoms. The Morgan fingerprint density at radius 1 is 0.656 bits per heavy atom. The molecule has 2 N–H and O–H groups in total. The lowest BCUT2D eigenvalue weighted by molar-refractivity contribution is 0.0485. The summed E-state index contributed by atoms with van der Waals surface area (Å²) in [6, 6.07) is 20.1. The molecule has 0 aliphatic carbocycles. The van der Waals surface area contributed by atoms with Crippen molar-refractivity contribution in [3.8, 4) is 23.0 Å². The van der Waals surface area contributed by atoms with E-state index in [-0.39, 0.29) is 11.3 Å². The molecule has 3 aromatic rings. The molecule has 0 unspecified atom stereocenters. The lowest BCUT2D eigenvalue weighted by Crippen LogP contribution is -2.31. The molecular weight excluding hydrogens is 408 g/mol. The Hall–Kier alpha value is -3.48. The monoisotopic (exact) mass is 434 g/mol. The number of hydrogen-bond donors (Lipinski definition) is 2. The van der Waals surface area contributed by atoms with E-state index in [4.69, 9.17) is 9.47 Å². The van der Waals surface area contributed by atoms with Crippen LogP contribution >= 0.6 is 0 Å². The van der Waals surface area contributed by atoms with Gasteiger partial charge in [-0.25, -0.2) is 0 Å². The van der Waals surface area contributed by atoms with Crippen LogP contribution in [-0.2, 0) is 0 Å². The van der Waals surface area contributed by atoms with Crippen molar-refractivity contribution in [3.63, 3.8) is 0 Å². The molecule has 0 amide bonds. The minimum atomic E-state index is -1.57. The van der Waals surface area contributed by atoms with Crippen LogP contribution in [0.25, 0.3) is 0 Å². The van der Waals surface area contributed by atoms with Crippen LogP contribution in [0.15, 0.2) is 72.8 Å². The van der Waals surface area contributed by atoms with Gasteiger partial charge in [-0.15, -0.1) is 0 Å². The quantitative estimate of drug-likeness (QED) is 0.475. The molecule has 0 saturated heterocycles. The minimum absolute atomic E-state index is 0.222. The van der Waals surface area contributed by atoms with E-state index < -0.39 is 22.8 Å². The highest BCUT2D eigenvalue weighted by Gasteiger charge is 2.29. The van der Waals surface area contributed by atoms with Gasteiger partial charge in [-0.05, 0) is 76.2 Å². The second-order valence-electron chi connectivity index (χ2n) is 8.48. The van der Waals surface area contributed by atoms with E-state index in [0.29, 0.717) is 22.8 Å². The maximum absolute atomic E-state index is 12.7.